The van der Waals surface area contributed by atoms with E-state index in [9.17, 15) is 4.79 Å². The van der Waals surface area contributed by atoms with Gasteiger partial charge < -0.3 is 5.11 Å². The fourth-order valence-electron chi connectivity index (χ4n) is 0.196. The molecule has 0 saturated heterocycles. The number of carboxylic acids is 1. The van der Waals surface area contributed by atoms with Gasteiger partial charge in [0, 0.05) is 6.08 Å². The maximum atomic E-state index is 9.72. The third-order valence-corrected chi connectivity index (χ3v) is 0.454. The van der Waals surface area contributed by atoms with Crippen molar-refractivity contribution >= 4 is 5.97 Å². The van der Waals surface area contributed by atoms with E-state index in [1.54, 1.807) is 6.92 Å². The Morgan fingerprint density at radius 3 is 2.75 bits per heavy atom. The van der Waals surface area contributed by atoms with Gasteiger partial charge in [-0.15, -0.1) is 5.92 Å². The van der Waals surface area contributed by atoms with Crippen LogP contribution < -0.4 is 0 Å². The molecule has 2 nitrogen and oxygen atoms in total. The van der Waals surface area contributed by atoms with Crippen LogP contribution in [0.15, 0.2) is 12.2 Å². The van der Waals surface area contributed by atoms with E-state index < -0.39 is 5.97 Å². The van der Waals surface area contributed by atoms with E-state index in [1.165, 1.54) is 6.08 Å². The van der Waals surface area contributed by atoms with Crippen molar-refractivity contribution in [2.75, 3.05) is 0 Å². The molecule has 1 N–H and O–H groups in total. The zero-order valence-electron chi connectivity index (χ0n) is 4.51. The van der Waals surface area contributed by atoms with E-state index in [2.05, 4.69) is 11.8 Å². The van der Waals surface area contributed by atoms with Crippen LogP contribution in [-0.4, -0.2) is 11.1 Å². The molecule has 0 atom stereocenters. The van der Waals surface area contributed by atoms with Gasteiger partial charge in [0.05, 0.1) is 0 Å². The molecule has 0 amide bonds. The minimum Gasteiger partial charge on any atom is -0.478 e. The van der Waals surface area contributed by atoms with Gasteiger partial charge in [-0.1, -0.05) is 5.92 Å². The molecule has 0 aromatic heterocycles. The molecule has 2 heteroatoms. The van der Waals surface area contributed by atoms with Crippen LogP contribution in [0.2, 0.25) is 0 Å². The zero-order chi connectivity index (χ0) is 6.41. The molecule has 0 aromatic rings. The fraction of sp³-hybridized carbons (Fsp3) is 0.167. The van der Waals surface area contributed by atoms with Crippen molar-refractivity contribution in [1.29, 1.82) is 0 Å². The van der Waals surface area contributed by atoms with Gasteiger partial charge >= 0.3 is 5.97 Å². The Morgan fingerprint density at radius 1 is 1.75 bits per heavy atom. The third kappa shape index (κ3) is 4.77. The molecular weight excluding hydrogens is 104 g/mol. The smallest absolute Gasteiger partial charge is 0.328 e. The van der Waals surface area contributed by atoms with Crippen LogP contribution in [0.4, 0.5) is 0 Å². The van der Waals surface area contributed by atoms with Crippen LogP contribution in [0, 0.1) is 11.8 Å². The van der Waals surface area contributed by atoms with E-state index in [0.717, 1.165) is 6.08 Å². The van der Waals surface area contributed by atoms with Gasteiger partial charge in [-0.3, -0.25) is 0 Å². The molecule has 0 spiro atoms. The number of rotatable bonds is 1. The lowest BCUT2D eigenvalue weighted by atomic mass is 10.5. The summed E-state index contributed by atoms with van der Waals surface area (Å²) in [4.78, 5) is 9.72. The first kappa shape index (κ1) is 6.77. The van der Waals surface area contributed by atoms with Crippen molar-refractivity contribution in [1.82, 2.24) is 0 Å². The van der Waals surface area contributed by atoms with Crippen molar-refractivity contribution < 1.29 is 9.90 Å². The molecule has 0 aliphatic rings. The molecule has 0 radical (unpaired) electrons. The summed E-state index contributed by atoms with van der Waals surface area (Å²) in [6, 6.07) is 0. The van der Waals surface area contributed by atoms with Crippen LogP contribution in [0.1, 0.15) is 6.92 Å². The molecule has 0 bridgehead atoms. The molecule has 0 rings (SSSR count). The third-order valence-electron chi connectivity index (χ3n) is 0.454. The topological polar surface area (TPSA) is 37.3 Å². The van der Waals surface area contributed by atoms with Crippen LogP contribution in [0.3, 0.4) is 0 Å². The second kappa shape index (κ2) is 3.94. The fourth-order valence-corrected chi connectivity index (χ4v) is 0.196. The highest BCUT2D eigenvalue weighted by atomic mass is 16.4. The highest BCUT2D eigenvalue weighted by Gasteiger charge is 1.78. The lowest BCUT2D eigenvalue weighted by Gasteiger charge is -1.69. The van der Waals surface area contributed by atoms with E-state index in [1.807, 2.05) is 0 Å². The number of carboxylic acid groups (broad SMARTS) is 1. The molecule has 0 fully saturated rings. The molecule has 0 aromatic carbocycles. The van der Waals surface area contributed by atoms with Crippen LogP contribution in [0.25, 0.3) is 0 Å². The SMILES string of the molecule is CC#C/C=C/C(=O)O. The first-order chi connectivity index (χ1) is 3.77. The maximum absolute atomic E-state index is 9.72. The molecular formula is C6H6O2. The maximum Gasteiger partial charge on any atom is 0.328 e. The lowest BCUT2D eigenvalue weighted by Crippen LogP contribution is -1.84. The van der Waals surface area contributed by atoms with Crippen molar-refractivity contribution in [2.45, 2.75) is 6.92 Å². The first-order valence-electron chi connectivity index (χ1n) is 2.09. The minimum absolute atomic E-state index is 0.965. The average Bonchev–Trinajstić information content (AvgIpc) is 1.66. The molecule has 42 valence electrons. The van der Waals surface area contributed by atoms with Gasteiger partial charge in [-0.05, 0) is 13.0 Å². The van der Waals surface area contributed by atoms with Gasteiger partial charge in [0.1, 0.15) is 0 Å². The molecule has 0 heterocycles. The summed E-state index contributed by atoms with van der Waals surface area (Å²) < 4.78 is 0. The summed E-state index contributed by atoms with van der Waals surface area (Å²) in [7, 11) is 0. The summed E-state index contributed by atoms with van der Waals surface area (Å²) in [5.41, 5.74) is 0. The van der Waals surface area contributed by atoms with E-state index in [4.69, 9.17) is 5.11 Å². The summed E-state index contributed by atoms with van der Waals surface area (Å²) >= 11 is 0. The molecule has 0 aliphatic heterocycles. The Bertz CT molecular complexity index is 157. The van der Waals surface area contributed by atoms with Crippen molar-refractivity contribution in [3.05, 3.63) is 12.2 Å². The highest BCUT2D eigenvalue weighted by molar-refractivity contribution is 5.80. The summed E-state index contributed by atoms with van der Waals surface area (Å²) in [5.74, 6) is 4.03. The van der Waals surface area contributed by atoms with E-state index in [-0.39, 0.29) is 0 Å². The zero-order valence-corrected chi connectivity index (χ0v) is 4.51. The standard InChI is InChI=1S/C6H6O2/c1-2-3-4-5-6(7)8/h4-5H,1H3,(H,7,8)/b5-4+. The summed E-state index contributed by atoms with van der Waals surface area (Å²) in [6.45, 7) is 1.65. The Morgan fingerprint density at radius 2 is 2.38 bits per heavy atom. The monoisotopic (exact) mass is 110 g/mol. The number of allylic oxidation sites excluding steroid dienone is 1. The van der Waals surface area contributed by atoms with Crippen molar-refractivity contribution in [2.24, 2.45) is 0 Å². The van der Waals surface area contributed by atoms with Crippen molar-refractivity contribution in [3.8, 4) is 11.8 Å². The van der Waals surface area contributed by atoms with Crippen LogP contribution >= 0.6 is 0 Å². The number of hydrogen-bond donors (Lipinski definition) is 1. The Hall–Kier alpha value is -1.23. The van der Waals surface area contributed by atoms with Gasteiger partial charge in [0.15, 0.2) is 0 Å². The molecule has 0 aliphatic carbocycles. The van der Waals surface area contributed by atoms with Crippen molar-refractivity contribution in [3.63, 3.8) is 0 Å². The normalized spacial score (nSPS) is 8.12. The Kier molecular flexibility index (Phi) is 3.34. The van der Waals surface area contributed by atoms with Gasteiger partial charge in [-0.2, -0.15) is 0 Å². The average molecular weight is 110 g/mol. The Labute approximate surface area is 47.8 Å². The first-order valence-corrected chi connectivity index (χ1v) is 2.09. The summed E-state index contributed by atoms with van der Waals surface area (Å²) in [6.07, 6.45) is 2.29. The summed E-state index contributed by atoms with van der Waals surface area (Å²) in [5, 5.41) is 7.99. The molecule has 8 heavy (non-hydrogen) atoms. The number of hydrogen-bond acceptors (Lipinski definition) is 1. The Balaban J connectivity index is 3.61. The second-order valence-electron chi connectivity index (χ2n) is 1.07. The van der Waals surface area contributed by atoms with Gasteiger partial charge in [-0.25, -0.2) is 4.79 Å². The lowest BCUT2D eigenvalue weighted by molar-refractivity contribution is -0.131. The quantitative estimate of drug-likeness (QED) is 0.397. The highest BCUT2D eigenvalue weighted by Crippen LogP contribution is 1.67. The number of aliphatic carboxylic acids is 1. The van der Waals surface area contributed by atoms with Gasteiger partial charge in [0.25, 0.3) is 0 Å². The van der Waals surface area contributed by atoms with E-state index in [0.29, 0.717) is 0 Å². The largest absolute Gasteiger partial charge is 0.478 e. The molecule has 0 unspecified atom stereocenters. The van der Waals surface area contributed by atoms with Crippen LogP contribution in [-0.2, 0) is 4.79 Å². The second-order valence-corrected chi connectivity index (χ2v) is 1.07. The van der Waals surface area contributed by atoms with E-state index >= 15 is 0 Å². The predicted molar refractivity (Wildman–Crippen MR) is 30.2 cm³/mol. The number of carbonyl (C=O) groups is 1. The minimum atomic E-state index is -0.965. The predicted octanol–water partition coefficient (Wildman–Crippen LogP) is 0.650. The van der Waals surface area contributed by atoms with Crippen LogP contribution in [0.5, 0.6) is 0 Å². The van der Waals surface area contributed by atoms with Gasteiger partial charge in [0.2, 0.25) is 0 Å². The molecule has 0 saturated carbocycles.